The van der Waals surface area contributed by atoms with Crippen molar-refractivity contribution in [1.29, 1.82) is 0 Å². The average Bonchev–Trinajstić information content (AvgIpc) is 2.23. The summed E-state index contributed by atoms with van der Waals surface area (Å²) in [5, 5.41) is 9.94. The lowest BCUT2D eigenvalue weighted by Crippen LogP contribution is -2.04. The van der Waals surface area contributed by atoms with Crippen LogP contribution in [0.25, 0.3) is 0 Å². The van der Waals surface area contributed by atoms with Gasteiger partial charge in [-0.05, 0) is 6.92 Å². The second kappa shape index (κ2) is 4.59. The van der Waals surface area contributed by atoms with Gasteiger partial charge in [0.25, 0.3) is 0 Å². The topological polar surface area (TPSA) is 64.7 Å². The summed E-state index contributed by atoms with van der Waals surface area (Å²) >= 11 is 5.93. The summed E-state index contributed by atoms with van der Waals surface area (Å²) in [5.41, 5.74) is 6.73. The van der Waals surface area contributed by atoms with Crippen molar-refractivity contribution < 1.29 is 14.6 Å². The number of rotatable bonds is 3. The number of phenols is 1. The van der Waals surface area contributed by atoms with Crippen molar-refractivity contribution in [2.24, 2.45) is 5.73 Å². The van der Waals surface area contributed by atoms with Gasteiger partial charge in [-0.15, -0.1) is 0 Å². The minimum absolute atomic E-state index is 0.0848. The highest BCUT2D eigenvalue weighted by Gasteiger charge is 2.20. The molecule has 0 fully saturated rings. The standard InChI is InChI=1S/C10H14ClNO3/c1-5-9(14-2)6(4-12)8(13)7(11)10(5)15-3/h13H,4,12H2,1-3H3. The molecule has 4 nitrogen and oxygen atoms in total. The zero-order valence-corrected chi connectivity index (χ0v) is 9.68. The van der Waals surface area contributed by atoms with Crippen molar-refractivity contribution in [3.05, 3.63) is 16.1 Å². The fourth-order valence-electron chi connectivity index (χ4n) is 1.55. The number of ether oxygens (including phenoxy) is 2. The Morgan fingerprint density at radius 1 is 1.27 bits per heavy atom. The zero-order valence-electron chi connectivity index (χ0n) is 8.93. The summed E-state index contributed by atoms with van der Waals surface area (Å²) in [7, 11) is 2.99. The highest BCUT2D eigenvalue weighted by atomic mass is 35.5. The molecule has 0 atom stereocenters. The SMILES string of the molecule is COc1c(C)c(OC)c(CN)c(O)c1Cl. The molecule has 1 aromatic rings. The molecule has 84 valence electrons. The van der Waals surface area contributed by atoms with Crippen LogP contribution in [0.15, 0.2) is 0 Å². The van der Waals surface area contributed by atoms with Gasteiger partial charge in [-0.2, -0.15) is 0 Å². The van der Waals surface area contributed by atoms with Crippen LogP contribution in [0.5, 0.6) is 17.2 Å². The monoisotopic (exact) mass is 231 g/mol. The van der Waals surface area contributed by atoms with Crippen LogP contribution in [0, 0.1) is 6.92 Å². The predicted octanol–water partition coefficient (Wildman–Crippen LogP) is 1.83. The number of hydrogen-bond acceptors (Lipinski definition) is 4. The van der Waals surface area contributed by atoms with Gasteiger partial charge in [-0.25, -0.2) is 0 Å². The predicted molar refractivity (Wildman–Crippen MR) is 58.8 cm³/mol. The first-order chi connectivity index (χ1) is 7.08. The van der Waals surface area contributed by atoms with Crippen LogP contribution < -0.4 is 15.2 Å². The Morgan fingerprint density at radius 3 is 2.20 bits per heavy atom. The summed E-state index contributed by atoms with van der Waals surface area (Å²) in [4.78, 5) is 0. The second-order valence-corrected chi connectivity index (χ2v) is 3.41. The number of benzene rings is 1. The first-order valence-electron chi connectivity index (χ1n) is 4.40. The number of phenolic OH excluding ortho intramolecular Hbond substituents is 1. The maximum Gasteiger partial charge on any atom is 0.147 e. The van der Waals surface area contributed by atoms with Crippen LogP contribution in [0.1, 0.15) is 11.1 Å². The van der Waals surface area contributed by atoms with Crippen LogP contribution in [0.3, 0.4) is 0 Å². The van der Waals surface area contributed by atoms with Gasteiger partial charge in [0.1, 0.15) is 22.3 Å². The van der Waals surface area contributed by atoms with E-state index < -0.39 is 0 Å². The van der Waals surface area contributed by atoms with Crippen LogP contribution in [-0.2, 0) is 6.54 Å². The first-order valence-corrected chi connectivity index (χ1v) is 4.78. The molecular formula is C10H14ClNO3. The largest absolute Gasteiger partial charge is 0.506 e. The maximum atomic E-state index is 9.77. The summed E-state index contributed by atoms with van der Waals surface area (Å²) in [6.07, 6.45) is 0. The first kappa shape index (κ1) is 11.9. The molecule has 0 radical (unpaired) electrons. The van der Waals surface area contributed by atoms with E-state index in [4.69, 9.17) is 26.8 Å². The van der Waals surface area contributed by atoms with Crippen molar-refractivity contribution in [3.8, 4) is 17.2 Å². The molecule has 0 heterocycles. The molecule has 0 bridgehead atoms. The van der Waals surface area contributed by atoms with Crippen molar-refractivity contribution in [3.63, 3.8) is 0 Å². The molecule has 5 heteroatoms. The number of hydrogen-bond donors (Lipinski definition) is 2. The Balaban J connectivity index is 3.57. The fraction of sp³-hybridized carbons (Fsp3) is 0.400. The minimum Gasteiger partial charge on any atom is -0.506 e. The average molecular weight is 232 g/mol. The molecule has 0 unspecified atom stereocenters. The number of aromatic hydroxyl groups is 1. The molecule has 3 N–H and O–H groups in total. The van der Waals surface area contributed by atoms with Crippen molar-refractivity contribution >= 4 is 11.6 Å². The van der Waals surface area contributed by atoms with E-state index in [-0.39, 0.29) is 17.3 Å². The lowest BCUT2D eigenvalue weighted by Gasteiger charge is -2.17. The van der Waals surface area contributed by atoms with Gasteiger partial charge in [0.15, 0.2) is 0 Å². The molecule has 0 aliphatic heterocycles. The third-order valence-corrected chi connectivity index (χ3v) is 2.61. The van der Waals surface area contributed by atoms with Crippen LogP contribution in [0.4, 0.5) is 0 Å². The Hall–Kier alpha value is -1.13. The summed E-state index contributed by atoms with van der Waals surface area (Å²) in [6, 6.07) is 0. The van der Waals surface area contributed by atoms with E-state index in [1.54, 1.807) is 6.92 Å². The second-order valence-electron chi connectivity index (χ2n) is 3.04. The molecule has 1 rings (SSSR count). The number of nitrogens with two attached hydrogens (primary N) is 1. The summed E-state index contributed by atoms with van der Waals surface area (Å²) < 4.78 is 10.3. The van der Waals surface area contributed by atoms with Gasteiger partial charge in [0, 0.05) is 12.1 Å². The zero-order chi connectivity index (χ0) is 11.6. The van der Waals surface area contributed by atoms with E-state index in [1.807, 2.05) is 0 Å². The smallest absolute Gasteiger partial charge is 0.147 e. The van der Waals surface area contributed by atoms with Gasteiger partial charge in [0.05, 0.1) is 19.8 Å². The van der Waals surface area contributed by atoms with Gasteiger partial charge >= 0.3 is 0 Å². The van der Waals surface area contributed by atoms with Crippen LogP contribution in [0.2, 0.25) is 5.02 Å². The summed E-state index contributed by atoms with van der Waals surface area (Å²) in [5.74, 6) is 0.831. The van der Waals surface area contributed by atoms with Crippen molar-refractivity contribution in [1.82, 2.24) is 0 Å². The molecule has 0 amide bonds. The molecule has 0 aliphatic carbocycles. The highest BCUT2D eigenvalue weighted by molar-refractivity contribution is 6.33. The lowest BCUT2D eigenvalue weighted by atomic mass is 10.1. The van der Waals surface area contributed by atoms with Gasteiger partial charge < -0.3 is 20.3 Å². The molecule has 0 aromatic heterocycles. The lowest BCUT2D eigenvalue weighted by molar-refractivity contribution is 0.374. The summed E-state index contributed by atoms with van der Waals surface area (Å²) in [6.45, 7) is 1.95. The molecule has 15 heavy (non-hydrogen) atoms. The highest BCUT2D eigenvalue weighted by Crippen LogP contribution is 2.45. The van der Waals surface area contributed by atoms with Crippen LogP contribution >= 0.6 is 11.6 Å². The van der Waals surface area contributed by atoms with E-state index in [2.05, 4.69) is 0 Å². The Bertz CT molecular complexity index is 380. The van der Waals surface area contributed by atoms with Crippen LogP contribution in [-0.4, -0.2) is 19.3 Å². The van der Waals surface area contributed by atoms with Crippen molar-refractivity contribution in [2.45, 2.75) is 13.5 Å². The quantitative estimate of drug-likeness (QED) is 0.833. The molecular weight excluding hydrogens is 218 g/mol. The van der Waals surface area contributed by atoms with E-state index in [0.717, 1.165) is 5.56 Å². The van der Waals surface area contributed by atoms with E-state index >= 15 is 0 Å². The van der Waals surface area contributed by atoms with E-state index in [1.165, 1.54) is 14.2 Å². The number of halogens is 1. The van der Waals surface area contributed by atoms with E-state index in [9.17, 15) is 5.11 Å². The van der Waals surface area contributed by atoms with Gasteiger partial charge in [0.2, 0.25) is 0 Å². The third-order valence-electron chi connectivity index (χ3n) is 2.26. The fourth-order valence-corrected chi connectivity index (χ4v) is 1.88. The Labute approximate surface area is 93.6 Å². The van der Waals surface area contributed by atoms with Crippen molar-refractivity contribution in [2.75, 3.05) is 14.2 Å². The molecule has 1 aromatic carbocycles. The molecule has 0 saturated heterocycles. The van der Waals surface area contributed by atoms with Gasteiger partial charge in [-0.3, -0.25) is 0 Å². The normalized spacial score (nSPS) is 10.2. The molecule has 0 spiro atoms. The number of methoxy groups -OCH3 is 2. The maximum absolute atomic E-state index is 9.77. The van der Waals surface area contributed by atoms with Gasteiger partial charge in [-0.1, -0.05) is 11.6 Å². The Morgan fingerprint density at radius 2 is 1.80 bits per heavy atom. The van der Waals surface area contributed by atoms with E-state index in [0.29, 0.717) is 17.1 Å². The Kier molecular flexibility index (Phi) is 3.66. The minimum atomic E-state index is -0.0848. The molecule has 0 aliphatic rings. The third kappa shape index (κ3) is 1.82. The molecule has 0 saturated carbocycles.